The van der Waals surface area contributed by atoms with Crippen molar-refractivity contribution in [3.63, 3.8) is 0 Å². The molecule has 112 valence electrons. The van der Waals surface area contributed by atoms with Crippen LogP contribution in [-0.2, 0) is 0 Å². The Bertz CT molecular complexity index is 750. The van der Waals surface area contributed by atoms with Gasteiger partial charge in [0.15, 0.2) is 0 Å². The molecule has 0 aliphatic carbocycles. The summed E-state index contributed by atoms with van der Waals surface area (Å²) in [5.74, 6) is -1.08. The molecule has 1 aliphatic heterocycles. The van der Waals surface area contributed by atoms with Gasteiger partial charge in [-0.1, -0.05) is 42.0 Å². The molecule has 0 saturated carbocycles. The van der Waals surface area contributed by atoms with E-state index in [1.54, 1.807) is 6.92 Å². The van der Waals surface area contributed by atoms with Crippen molar-refractivity contribution in [1.82, 2.24) is 5.32 Å². The minimum absolute atomic E-state index is 0.00760. The van der Waals surface area contributed by atoms with Gasteiger partial charge in [-0.25, -0.2) is 8.78 Å². The summed E-state index contributed by atoms with van der Waals surface area (Å²) in [6.07, 6.45) is 1.99. The molecule has 0 spiro atoms. The van der Waals surface area contributed by atoms with Gasteiger partial charge in [0, 0.05) is 12.1 Å². The second-order valence-corrected chi connectivity index (χ2v) is 5.60. The SMILES string of the molecule is CC1=CC(c2ccccc2)=C(c2c(F)cc(C)cc2F)NC1. The van der Waals surface area contributed by atoms with E-state index in [1.165, 1.54) is 12.1 Å². The van der Waals surface area contributed by atoms with Crippen LogP contribution in [0.4, 0.5) is 8.78 Å². The molecule has 1 N–H and O–H groups in total. The summed E-state index contributed by atoms with van der Waals surface area (Å²) in [5, 5.41) is 3.17. The third kappa shape index (κ3) is 2.67. The summed E-state index contributed by atoms with van der Waals surface area (Å²) in [4.78, 5) is 0. The molecule has 0 radical (unpaired) electrons. The third-order valence-electron chi connectivity index (χ3n) is 3.73. The van der Waals surface area contributed by atoms with Gasteiger partial charge in [-0.15, -0.1) is 0 Å². The molecule has 1 aliphatic rings. The average molecular weight is 297 g/mol. The molecule has 0 aromatic heterocycles. The van der Waals surface area contributed by atoms with Gasteiger partial charge in [-0.3, -0.25) is 0 Å². The van der Waals surface area contributed by atoms with Crippen LogP contribution in [0.15, 0.2) is 54.1 Å². The van der Waals surface area contributed by atoms with E-state index < -0.39 is 11.6 Å². The summed E-state index contributed by atoms with van der Waals surface area (Å²) in [6, 6.07) is 12.4. The molecule has 1 nitrogen and oxygen atoms in total. The molecular weight excluding hydrogens is 280 g/mol. The molecule has 22 heavy (non-hydrogen) atoms. The number of aryl methyl sites for hydroxylation is 1. The fraction of sp³-hybridized carbons (Fsp3) is 0.158. The van der Waals surface area contributed by atoms with E-state index >= 15 is 0 Å². The van der Waals surface area contributed by atoms with E-state index in [1.807, 2.05) is 43.3 Å². The van der Waals surface area contributed by atoms with Crippen molar-refractivity contribution in [2.75, 3.05) is 6.54 Å². The minimum atomic E-state index is -0.540. The largest absolute Gasteiger partial charge is 0.380 e. The zero-order chi connectivity index (χ0) is 15.7. The first kappa shape index (κ1) is 14.5. The number of hydrogen-bond donors (Lipinski definition) is 1. The molecule has 1 heterocycles. The number of hydrogen-bond acceptors (Lipinski definition) is 1. The lowest BCUT2D eigenvalue weighted by atomic mass is 9.94. The molecule has 0 amide bonds. The monoisotopic (exact) mass is 297 g/mol. The summed E-state index contributed by atoms with van der Waals surface area (Å²) in [6.45, 7) is 4.26. The number of benzene rings is 2. The van der Waals surface area contributed by atoms with Crippen molar-refractivity contribution < 1.29 is 8.78 Å². The molecular formula is C19H17F2N. The van der Waals surface area contributed by atoms with Gasteiger partial charge >= 0.3 is 0 Å². The van der Waals surface area contributed by atoms with E-state index in [4.69, 9.17) is 0 Å². The highest BCUT2D eigenvalue weighted by Gasteiger charge is 2.21. The standard InChI is InChI=1S/C19H17F2N/c1-12-9-16(20)18(17(21)10-12)19-15(8-13(2)11-22-19)14-6-4-3-5-7-14/h3-10,22H,11H2,1-2H3. The van der Waals surface area contributed by atoms with Crippen molar-refractivity contribution in [2.45, 2.75) is 13.8 Å². The quantitative estimate of drug-likeness (QED) is 0.848. The van der Waals surface area contributed by atoms with Crippen molar-refractivity contribution in [3.8, 4) is 0 Å². The smallest absolute Gasteiger partial charge is 0.135 e. The number of nitrogens with one attached hydrogen (secondary N) is 1. The number of allylic oxidation sites excluding steroid dienone is 2. The van der Waals surface area contributed by atoms with Crippen LogP contribution in [0.3, 0.4) is 0 Å². The van der Waals surface area contributed by atoms with Crippen molar-refractivity contribution in [1.29, 1.82) is 0 Å². The lowest BCUT2D eigenvalue weighted by molar-refractivity contribution is 0.572. The first-order valence-electron chi connectivity index (χ1n) is 7.23. The lowest BCUT2D eigenvalue weighted by Gasteiger charge is -2.22. The Morgan fingerprint density at radius 2 is 1.59 bits per heavy atom. The molecule has 2 aromatic rings. The van der Waals surface area contributed by atoms with Crippen LogP contribution < -0.4 is 5.32 Å². The van der Waals surface area contributed by atoms with Crippen LogP contribution in [0.1, 0.15) is 23.6 Å². The molecule has 0 bridgehead atoms. The van der Waals surface area contributed by atoms with E-state index in [0.717, 1.165) is 16.7 Å². The Kier molecular flexibility index (Phi) is 3.80. The number of dihydropyridines is 1. The zero-order valence-electron chi connectivity index (χ0n) is 12.6. The van der Waals surface area contributed by atoms with Gasteiger partial charge in [0.2, 0.25) is 0 Å². The molecule has 3 rings (SSSR count). The molecule has 2 aromatic carbocycles. The highest BCUT2D eigenvalue weighted by molar-refractivity contribution is 5.96. The second kappa shape index (κ2) is 5.76. The van der Waals surface area contributed by atoms with Crippen LogP contribution in [0, 0.1) is 18.6 Å². The van der Waals surface area contributed by atoms with Crippen molar-refractivity contribution in [3.05, 3.63) is 82.4 Å². The third-order valence-corrected chi connectivity index (χ3v) is 3.73. The number of halogens is 2. The average Bonchev–Trinajstić information content (AvgIpc) is 2.48. The van der Waals surface area contributed by atoms with Gasteiger partial charge < -0.3 is 5.32 Å². The topological polar surface area (TPSA) is 12.0 Å². The fourth-order valence-electron chi connectivity index (χ4n) is 2.70. The van der Waals surface area contributed by atoms with Crippen molar-refractivity contribution >= 4 is 11.3 Å². The maximum atomic E-state index is 14.3. The first-order chi connectivity index (χ1) is 10.6. The van der Waals surface area contributed by atoms with Crippen LogP contribution >= 0.6 is 0 Å². The zero-order valence-corrected chi connectivity index (χ0v) is 12.6. The van der Waals surface area contributed by atoms with Gasteiger partial charge in [0.25, 0.3) is 0 Å². The summed E-state index contributed by atoms with van der Waals surface area (Å²) >= 11 is 0. The van der Waals surface area contributed by atoms with Gasteiger partial charge in [0.05, 0.1) is 11.3 Å². The van der Waals surface area contributed by atoms with Gasteiger partial charge in [-0.2, -0.15) is 0 Å². The maximum absolute atomic E-state index is 14.3. The Balaban J connectivity index is 2.26. The summed E-state index contributed by atoms with van der Waals surface area (Å²) in [7, 11) is 0. The first-order valence-corrected chi connectivity index (χ1v) is 7.23. The van der Waals surface area contributed by atoms with E-state index in [0.29, 0.717) is 17.8 Å². The maximum Gasteiger partial charge on any atom is 0.135 e. The Hall–Kier alpha value is -2.42. The Morgan fingerprint density at radius 1 is 0.955 bits per heavy atom. The molecule has 0 atom stereocenters. The van der Waals surface area contributed by atoms with Crippen LogP contribution in [0.5, 0.6) is 0 Å². The number of rotatable bonds is 2. The van der Waals surface area contributed by atoms with Crippen LogP contribution in [0.25, 0.3) is 11.3 Å². The van der Waals surface area contributed by atoms with Crippen LogP contribution in [-0.4, -0.2) is 6.54 Å². The summed E-state index contributed by atoms with van der Waals surface area (Å²) in [5.41, 5.74) is 3.95. The Labute approximate surface area is 129 Å². The van der Waals surface area contributed by atoms with Crippen LogP contribution in [0.2, 0.25) is 0 Å². The second-order valence-electron chi connectivity index (χ2n) is 5.60. The fourth-order valence-corrected chi connectivity index (χ4v) is 2.70. The predicted molar refractivity (Wildman–Crippen MR) is 86.1 cm³/mol. The normalized spacial score (nSPS) is 14.6. The van der Waals surface area contributed by atoms with Gasteiger partial charge in [-0.05, 0) is 37.1 Å². The summed E-state index contributed by atoms with van der Waals surface area (Å²) < 4.78 is 28.7. The van der Waals surface area contributed by atoms with E-state index in [9.17, 15) is 8.78 Å². The van der Waals surface area contributed by atoms with E-state index in [2.05, 4.69) is 5.32 Å². The lowest BCUT2D eigenvalue weighted by Crippen LogP contribution is -2.21. The van der Waals surface area contributed by atoms with Gasteiger partial charge in [0.1, 0.15) is 11.6 Å². The predicted octanol–water partition coefficient (Wildman–Crippen LogP) is 4.69. The van der Waals surface area contributed by atoms with Crippen molar-refractivity contribution in [2.24, 2.45) is 0 Å². The highest BCUT2D eigenvalue weighted by Crippen LogP contribution is 2.32. The van der Waals surface area contributed by atoms with E-state index in [-0.39, 0.29) is 5.56 Å². The minimum Gasteiger partial charge on any atom is -0.380 e. The molecule has 0 saturated heterocycles. The molecule has 3 heteroatoms. The molecule has 0 unspecified atom stereocenters. The Morgan fingerprint density at radius 3 is 2.23 bits per heavy atom. The highest BCUT2D eigenvalue weighted by atomic mass is 19.1. The molecule has 0 fully saturated rings.